The summed E-state index contributed by atoms with van der Waals surface area (Å²) in [5.41, 5.74) is 0.998. The zero-order chi connectivity index (χ0) is 14.8. The molecule has 1 fully saturated rings. The van der Waals surface area contributed by atoms with Crippen LogP contribution in [0.3, 0.4) is 0 Å². The molecule has 0 unspecified atom stereocenters. The number of aliphatic hydroxyl groups excluding tert-OH is 1. The van der Waals surface area contributed by atoms with Crippen LogP contribution in [0.4, 0.5) is 0 Å². The Morgan fingerprint density at radius 3 is 2.90 bits per heavy atom. The summed E-state index contributed by atoms with van der Waals surface area (Å²) in [5, 5.41) is 8.75. The number of carbonyl (C=O) groups excluding carboxylic acids is 1. The lowest BCUT2D eigenvalue weighted by molar-refractivity contribution is 0.0657. The van der Waals surface area contributed by atoms with Crippen molar-refractivity contribution < 1.29 is 9.90 Å². The Labute approximate surface area is 124 Å². The highest BCUT2D eigenvalue weighted by Gasteiger charge is 2.36. The van der Waals surface area contributed by atoms with E-state index in [0.717, 1.165) is 34.7 Å². The molecule has 3 nitrogen and oxygen atoms in total. The molecule has 1 N–H and O–H groups in total. The first-order chi connectivity index (χ1) is 9.45. The van der Waals surface area contributed by atoms with E-state index in [1.54, 1.807) is 0 Å². The molecule has 1 aromatic rings. The molecule has 0 bridgehead atoms. The van der Waals surface area contributed by atoms with E-state index in [-0.39, 0.29) is 18.1 Å². The van der Waals surface area contributed by atoms with Crippen LogP contribution in [0, 0.1) is 18.8 Å². The van der Waals surface area contributed by atoms with Gasteiger partial charge in [-0.2, -0.15) is 0 Å². The van der Waals surface area contributed by atoms with E-state index in [1.165, 1.54) is 11.3 Å². The smallest absolute Gasteiger partial charge is 0.264 e. The first-order valence-electron chi connectivity index (χ1n) is 6.98. The van der Waals surface area contributed by atoms with Crippen LogP contribution in [0.2, 0.25) is 0 Å². The molecular formula is C16H21NO2S. The average molecular weight is 291 g/mol. The minimum atomic E-state index is -0.0439. The van der Waals surface area contributed by atoms with Gasteiger partial charge < -0.3 is 10.0 Å². The molecule has 0 radical (unpaired) electrons. The van der Waals surface area contributed by atoms with Crippen LogP contribution >= 0.6 is 11.3 Å². The third kappa shape index (κ3) is 3.05. The summed E-state index contributed by atoms with van der Waals surface area (Å²) in [6.07, 6.45) is 2.61. The molecule has 2 heterocycles. The third-order valence-corrected chi connectivity index (χ3v) is 4.85. The quantitative estimate of drug-likeness (QED) is 0.851. The molecule has 1 aliphatic rings. The molecular weight excluding hydrogens is 270 g/mol. The Balaban J connectivity index is 2.20. The van der Waals surface area contributed by atoms with Crippen molar-refractivity contribution in [3.05, 3.63) is 21.4 Å². The number of nitrogens with zero attached hydrogens (tertiary/aromatic N) is 1. The number of carbonyl (C=O) groups is 1. The molecule has 108 valence electrons. The highest BCUT2D eigenvalue weighted by atomic mass is 32.1. The summed E-state index contributed by atoms with van der Waals surface area (Å²) in [7, 11) is 0. The van der Waals surface area contributed by atoms with Gasteiger partial charge in [0.25, 0.3) is 5.91 Å². The van der Waals surface area contributed by atoms with Crippen LogP contribution in [-0.4, -0.2) is 34.6 Å². The van der Waals surface area contributed by atoms with Gasteiger partial charge in [-0.15, -0.1) is 11.3 Å². The second kappa shape index (κ2) is 5.99. The van der Waals surface area contributed by atoms with Gasteiger partial charge in [0.05, 0.1) is 16.4 Å². The van der Waals surface area contributed by atoms with Crippen molar-refractivity contribution >= 4 is 17.2 Å². The number of amides is 1. The lowest BCUT2D eigenvalue weighted by atomic mass is 10.0. The Morgan fingerprint density at radius 2 is 2.30 bits per heavy atom. The molecule has 1 aromatic heterocycles. The van der Waals surface area contributed by atoms with Crippen LogP contribution < -0.4 is 0 Å². The highest BCUT2D eigenvalue weighted by Crippen LogP contribution is 2.32. The second-order valence-corrected chi connectivity index (χ2v) is 6.82. The summed E-state index contributed by atoms with van der Waals surface area (Å²) in [5.74, 6) is 6.08. The topological polar surface area (TPSA) is 40.5 Å². The van der Waals surface area contributed by atoms with Crippen LogP contribution in [0.5, 0.6) is 0 Å². The van der Waals surface area contributed by atoms with Crippen molar-refractivity contribution in [2.24, 2.45) is 0 Å². The molecule has 1 amide bonds. The fraction of sp³-hybridized carbons (Fsp3) is 0.562. The van der Waals surface area contributed by atoms with Gasteiger partial charge in [-0.25, -0.2) is 0 Å². The summed E-state index contributed by atoms with van der Waals surface area (Å²) < 4.78 is 0. The Kier molecular flexibility index (Phi) is 4.52. The lowest BCUT2D eigenvalue weighted by Crippen LogP contribution is -2.42. The van der Waals surface area contributed by atoms with Crippen molar-refractivity contribution in [1.82, 2.24) is 4.90 Å². The number of aryl methyl sites for hydroxylation is 1. The molecule has 0 saturated carbocycles. The number of hydrogen-bond donors (Lipinski definition) is 1. The SMILES string of the molecule is Cc1cc(C(=O)N2CCCC2(C)C)sc1C#CCCO. The van der Waals surface area contributed by atoms with Crippen molar-refractivity contribution in [2.45, 2.75) is 45.6 Å². The first kappa shape index (κ1) is 15.1. The fourth-order valence-corrected chi connectivity index (χ4v) is 3.52. The van der Waals surface area contributed by atoms with Gasteiger partial charge in [-0.3, -0.25) is 4.79 Å². The monoisotopic (exact) mass is 291 g/mol. The third-order valence-electron chi connectivity index (χ3n) is 3.71. The molecule has 1 aliphatic heterocycles. The van der Waals surface area contributed by atoms with E-state index in [4.69, 9.17) is 5.11 Å². The average Bonchev–Trinajstić information content (AvgIpc) is 2.92. The van der Waals surface area contributed by atoms with Gasteiger partial charge in [0.1, 0.15) is 0 Å². The summed E-state index contributed by atoms with van der Waals surface area (Å²) in [6.45, 7) is 7.14. The van der Waals surface area contributed by atoms with Crippen LogP contribution in [-0.2, 0) is 0 Å². The van der Waals surface area contributed by atoms with E-state index in [2.05, 4.69) is 25.7 Å². The number of rotatable bonds is 2. The highest BCUT2D eigenvalue weighted by molar-refractivity contribution is 7.14. The molecule has 2 rings (SSSR count). The molecule has 1 saturated heterocycles. The van der Waals surface area contributed by atoms with Crippen molar-refractivity contribution in [1.29, 1.82) is 0 Å². The number of thiophene rings is 1. The maximum atomic E-state index is 12.6. The minimum Gasteiger partial charge on any atom is -0.395 e. The maximum absolute atomic E-state index is 12.6. The van der Waals surface area contributed by atoms with Gasteiger partial charge in [-0.1, -0.05) is 11.8 Å². The number of likely N-dealkylation sites (tertiary alicyclic amines) is 1. The van der Waals surface area contributed by atoms with E-state index in [1.807, 2.05) is 17.9 Å². The van der Waals surface area contributed by atoms with Crippen LogP contribution in [0.25, 0.3) is 0 Å². The zero-order valence-electron chi connectivity index (χ0n) is 12.3. The summed E-state index contributed by atoms with van der Waals surface area (Å²) in [4.78, 5) is 16.3. The summed E-state index contributed by atoms with van der Waals surface area (Å²) in [6, 6.07) is 1.93. The standard InChI is InChI=1S/C16H21NO2S/c1-12-11-14(20-13(12)7-4-5-10-18)15(19)17-9-6-8-16(17,2)3/h11,18H,5-6,8-10H2,1-3H3. The Bertz CT molecular complexity index is 563. The normalized spacial score (nSPS) is 16.9. The molecule has 0 atom stereocenters. The molecule has 0 spiro atoms. The largest absolute Gasteiger partial charge is 0.395 e. The van der Waals surface area contributed by atoms with Crippen molar-refractivity contribution in [3.8, 4) is 11.8 Å². The van der Waals surface area contributed by atoms with E-state index < -0.39 is 0 Å². The Morgan fingerprint density at radius 1 is 1.55 bits per heavy atom. The fourth-order valence-electron chi connectivity index (χ4n) is 2.53. The van der Waals surface area contributed by atoms with Crippen LogP contribution in [0.1, 0.15) is 53.2 Å². The van der Waals surface area contributed by atoms with Gasteiger partial charge in [0.2, 0.25) is 0 Å². The first-order valence-corrected chi connectivity index (χ1v) is 7.79. The maximum Gasteiger partial charge on any atom is 0.264 e. The second-order valence-electron chi connectivity index (χ2n) is 5.77. The van der Waals surface area contributed by atoms with Gasteiger partial charge in [-0.05, 0) is 45.2 Å². The minimum absolute atomic E-state index is 0.0439. The van der Waals surface area contributed by atoms with E-state index in [9.17, 15) is 4.79 Å². The zero-order valence-corrected chi connectivity index (χ0v) is 13.1. The molecule has 20 heavy (non-hydrogen) atoms. The lowest BCUT2D eigenvalue weighted by Gasteiger charge is -2.31. The molecule has 0 aromatic carbocycles. The Hall–Kier alpha value is -1.31. The van der Waals surface area contributed by atoms with Gasteiger partial charge >= 0.3 is 0 Å². The van der Waals surface area contributed by atoms with Gasteiger partial charge in [0.15, 0.2) is 0 Å². The predicted octanol–water partition coefficient (Wildman–Crippen LogP) is 2.81. The predicted molar refractivity (Wildman–Crippen MR) is 82.0 cm³/mol. The van der Waals surface area contributed by atoms with E-state index >= 15 is 0 Å². The van der Waals surface area contributed by atoms with Crippen molar-refractivity contribution in [2.75, 3.05) is 13.2 Å². The van der Waals surface area contributed by atoms with Crippen LogP contribution in [0.15, 0.2) is 6.07 Å². The van der Waals surface area contributed by atoms with E-state index in [0.29, 0.717) is 6.42 Å². The van der Waals surface area contributed by atoms with Gasteiger partial charge in [0, 0.05) is 18.5 Å². The molecule has 4 heteroatoms. The number of hydrogen-bond acceptors (Lipinski definition) is 3. The van der Waals surface area contributed by atoms with Crippen molar-refractivity contribution in [3.63, 3.8) is 0 Å². The summed E-state index contributed by atoms with van der Waals surface area (Å²) >= 11 is 1.46. The molecule has 0 aliphatic carbocycles. The number of aliphatic hydroxyl groups is 1.